The smallest absolute Gasteiger partial charge is 0.237 e. The zero-order valence-electron chi connectivity index (χ0n) is 19.4. The van der Waals surface area contributed by atoms with Gasteiger partial charge in [-0.05, 0) is 66.8 Å². The quantitative estimate of drug-likeness (QED) is 0.676. The standard InChI is InChI=1S/C26H34N2O4/c1-30-22-10-8-19(9-11-22)23-7-5-4-6-13-27(23)18-26(29)28-14-12-20-15-24(31-2)25(32-3)16-21(20)17-28/h8-11,15-16,23H,4-7,12-14,17-18H2,1-3H3/t23-/m0/s1. The minimum atomic E-state index is 0.200. The van der Waals surface area contributed by atoms with Crippen LogP contribution in [-0.4, -0.2) is 56.7 Å². The maximum absolute atomic E-state index is 13.4. The molecule has 172 valence electrons. The Morgan fingerprint density at radius 1 is 0.906 bits per heavy atom. The van der Waals surface area contributed by atoms with Crippen LogP contribution in [0.5, 0.6) is 17.2 Å². The second kappa shape index (κ2) is 10.3. The van der Waals surface area contributed by atoms with E-state index >= 15 is 0 Å². The molecule has 32 heavy (non-hydrogen) atoms. The van der Waals surface area contributed by atoms with Crippen LogP contribution in [-0.2, 0) is 17.8 Å². The Morgan fingerprint density at radius 3 is 2.31 bits per heavy atom. The highest BCUT2D eigenvalue weighted by molar-refractivity contribution is 5.78. The minimum absolute atomic E-state index is 0.200. The van der Waals surface area contributed by atoms with Gasteiger partial charge in [0.15, 0.2) is 11.5 Å². The number of fused-ring (bicyclic) bond motifs is 1. The minimum Gasteiger partial charge on any atom is -0.497 e. The van der Waals surface area contributed by atoms with Crippen LogP contribution >= 0.6 is 0 Å². The Bertz CT molecular complexity index is 928. The first kappa shape index (κ1) is 22.5. The molecule has 0 unspecified atom stereocenters. The van der Waals surface area contributed by atoms with Crippen molar-refractivity contribution in [1.29, 1.82) is 0 Å². The summed E-state index contributed by atoms with van der Waals surface area (Å²) in [5, 5.41) is 0. The lowest BCUT2D eigenvalue weighted by molar-refractivity contribution is -0.134. The maximum Gasteiger partial charge on any atom is 0.237 e. The fraction of sp³-hybridized carbons (Fsp3) is 0.500. The first-order chi connectivity index (χ1) is 15.6. The van der Waals surface area contributed by atoms with E-state index in [4.69, 9.17) is 14.2 Å². The second-order valence-corrected chi connectivity index (χ2v) is 8.65. The molecule has 0 bridgehead atoms. The first-order valence-electron chi connectivity index (χ1n) is 11.5. The summed E-state index contributed by atoms with van der Waals surface area (Å²) in [7, 11) is 4.99. The van der Waals surface area contributed by atoms with Gasteiger partial charge < -0.3 is 19.1 Å². The molecule has 0 N–H and O–H groups in total. The molecule has 6 nitrogen and oxygen atoms in total. The molecule has 2 aromatic carbocycles. The summed E-state index contributed by atoms with van der Waals surface area (Å²) in [6, 6.07) is 12.7. The highest BCUT2D eigenvalue weighted by Crippen LogP contribution is 2.34. The van der Waals surface area contributed by atoms with Gasteiger partial charge in [-0.3, -0.25) is 9.69 Å². The summed E-state index contributed by atoms with van der Waals surface area (Å²) in [6.07, 6.45) is 5.47. The molecule has 1 fully saturated rings. The van der Waals surface area contributed by atoms with Crippen LogP contribution in [0.4, 0.5) is 0 Å². The number of nitrogens with zero attached hydrogens (tertiary/aromatic N) is 2. The first-order valence-corrected chi connectivity index (χ1v) is 11.5. The molecule has 2 aliphatic rings. The summed E-state index contributed by atoms with van der Waals surface area (Å²) in [4.78, 5) is 17.7. The van der Waals surface area contributed by atoms with Gasteiger partial charge in [-0.25, -0.2) is 0 Å². The number of benzene rings is 2. The van der Waals surface area contributed by atoms with Crippen molar-refractivity contribution in [1.82, 2.24) is 9.80 Å². The van der Waals surface area contributed by atoms with Crippen molar-refractivity contribution in [3.8, 4) is 17.2 Å². The molecular formula is C26H34N2O4. The van der Waals surface area contributed by atoms with Crippen molar-refractivity contribution in [2.45, 2.75) is 44.7 Å². The van der Waals surface area contributed by atoms with E-state index in [9.17, 15) is 4.79 Å². The molecule has 1 saturated heterocycles. The molecule has 0 aliphatic carbocycles. The normalized spacial score (nSPS) is 19.1. The van der Waals surface area contributed by atoms with Gasteiger partial charge >= 0.3 is 0 Å². The SMILES string of the molecule is COc1ccc([C@@H]2CCCCCN2CC(=O)N2CCc3cc(OC)c(OC)cc3C2)cc1. The van der Waals surface area contributed by atoms with Gasteiger partial charge in [0.25, 0.3) is 0 Å². The average Bonchev–Trinajstić information content (AvgIpc) is 3.08. The molecule has 1 amide bonds. The summed E-state index contributed by atoms with van der Waals surface area (Å²) in [6.45, 7) is 2.77. The predicted octanol–water partition coefficient (Wildman–Crippen LogP) is 4.21. The van der Waals surface area contributed by atoms with Crippen LogP contribution in [0, 0.1) is 0 Å². The van der Waals surface area contributed by atoms with E-state index in [1.807, 2.05) is 29.2 Å². The number of hydrogen-bond donors (Lipinski definition) is 0. The molecule has 0 spiro atoms. The fourth-order valence-corrected chi connectivity index (χ4v) is 4.93. The van der Waals surface area contributed by atoms with Gasteiger partial charge in [0.05, 0.1) is 27.9 Å². The Labute approximate surface area is 191 Å². The van der Waals surface area contributed by atoms with Gasteiger partial charge in [-0.1, -0.05) is 25.0 Å². The van der Waals surface area contributed by atoms with Crippen LogP contribution in [0.15, 0.2) is 36.4 Å². The Morgan fingerprint density at radius 2 is 1.62 bits per heavy atom. The van der Waals surface area contributed by atoms with Crippen molar-refractivity contribution in [2.24, 2.45) is 0 Å². The number of carbonyl (C=O) groups is 1. The predicted molar refractivity (Wildman–Crippen MR) is 124 cm³/mol. The second-order valence-electron chi connectivity index (χ2n) is 8.65. The zero-order valence-corrected chi connectivity index (χ0v) is 19.4. The van der Waals surface area contributed by atoms with Crippen molar-refractivity contribution in [3.63, 3.8) is 0 Å². The lowest BCUT2D eigenvalue weighted by atomic mass is 9.98. The summed E-state index contributed by atoms with van der Waals surface area (Å²) < 4.78 is 16.2. The van der Waals surface area contributed by atoms with E-state index in [-0.39, 0.29) is 11.9 Å². The molecule has 2 aromatic rings. The average molecular weight is 439 g/mol. The molecule has 6 heteroatoms. The van der Waals surface area contributed by atoms with Crippen LogP contribution in [0.1, 0.15) is 48.4 Å². The number of amides is 1. The third-order valence-electron chi connectivity index (χ3n) is 6.77. The lowest BCUT2D eigenvalue weighted by Gasteiger charge is -2.34. The summed E-state index contributed by atoms with van der Waals surface area (Å²) >= 11 is 0. The number of rotatable bonds is 6. The molecule has 0 saturated carbocycles. The van der Waals surface area contributed by atoms with Crippen LogP contribution < -0.4 is 14.2 Å². The molecule has 2 heterocycles. The van der Waals surface area contributed by atoms with Crippen LogP contribution in [0.3, 0.4) is 0 Å². The molecule has 0 aromatic heterocycles. The highest BCUT2D eigenvalue weighted by Gasteiger charge is 2.28. The van der Waals surface area contributed by atoms with Crippen LogP contribution in [0.2, 0.25) is 0 Å². The van der Waals surface area contributed by atoms with E-state index in [1.54, 1.807) is 21.3 Å². The number of carbonyl (C=O) groups excluding carboxylic acids is 1. The van der Waals surface area contributed by atoms with Crippen molar-refractivity contribution < 1.29 is 19.0 Å². The van der Waals surface area contributed by atoms with Crippen LogP contribution in [0.25, 0.3) is 0 Å². The third-order valence-corrected chi connectivity index (χ3v) is 6.77. The molecule has 1 atom stereocenters. The van der Waals surface area contributed by atoms with Gasteiger partial charge in [0, 0.05) is 19.1 Å². The van der Waals surface area contributed by atoms with Crippen molar-refractivity contribution in [2.75, 3.05) is 41.0 Å². The Hall–Kier alpha value is -2.73. The lowest BCUT2D eigenvalue weighted by Crippen LogP contribution is -2.43. The van der Waals surface area contributed by atoms with Crippen molar-refractivity contribution in [3.05, 3.63) is 53.1 Å². The topological polar surface area (TPSA) is 51.2 Å². The third kappa shape index (κ3) is 4.85. The molecule has 0 radical (unpaired) electrons. The molecule has 2 aliphatic heterocycles. The zero-order chi connectivity index (χ0) is 22.5. The summed E-state index contributed by atoms with van der Waals surface area (Å²) in [5.41, 5.74) is 3.64. The van der Waals surface area contributed by atoms with Gasteiger partial charge in [-0.15, -0.1) is 0 Å². The maximum atomic E-state index is 13.4. The monoisotopic (exact) mass is 438 g/mol. The van der Waals surface area contributed by atoms with Gasteiger partial charge in [0.1, 0.15) is 5.75 Å². The Balaban J connectivity index is 1.48. The van der Waals surface area contributed by atoms with E-state index in [0.717, 1.165) is 49.4 Å². The van der Waals surface area contributed by atoms with E-state index in [1.165, 1.54) is 24.0 Å². The van der Waals surface area contributed by atoms with Gasteiger partial charge in [0.2, 0.25) is 5.91 Å². The van der Waals surface area contributed by atoms with Gasteiger partial charge in [-0.2, -0.15) is 0 Å². The van der Waals surface area contributed by atoms with Crippen molar-refractivity contribution >= 4 is 5.91 Å². The van der Waals surface area contributed by atoms with E-state index in [2.05, 4.69) is 17.0 Å². The largest absolute Gasteiger partial charge is 0.497 e. The van der Waals surface area contributed by atoms with E-state index < -0.39 is 0 Å². The number of methoxy groups -OCH3 is 3. The molecule has 4 rings (SSSR count). The molecular weight excluding hydrogens is 404 g/mol. The number of likely N-dealkylation sites (tertiary alicyclic amines) is 1. The Kier molecular flexibility index (Phi) is 7.20. The number of hydrogen-bond acceptors (Lipinski definition) is 5. The highest BCUT2D eigenvalue weighted by atomic mass is 16.5. The number of ether oxygens (including phenoxy) is 3. The summed E-state index contributed by atoms with van der Waals surface area (Å²) in [5.74, 6) is 2.53. The fourth-order valence-electron chi connectivity index (χ4n) is 4.93. The van der Waals surface area contributed by atoms with E-state index in [0.29, 0.717) is 18.8 Å².